The van der Waals surface area contributed by atoms with Gasteiger partial charge in [-0.25, -0.2) is 8.42 Å². The molecule has 2 heterocycles. The number of hydrogen-bond donors (Lipinski definition) is 3. The lowest BCUT2D eigenvalue weighted by molar-refractivity contribution is -0.131. The molecule has 41 heavy (non-hydrogen) atoms. The Bertz CT molecular complexity index is 1220. The van der Waals surface area contributed by atoms with Crippen molar-refractivity contribution in [3.8, 4) is 5.75 Å². The SMILES string of the molecule is CC(C)CCN(CC(O)[C@@H]1Cc2ccc(cc2)OCCCCC(=O)N[C@@H](C(C)C)C(=O)N1)S(=O)(=O)c1ccccc1. The third-order valence-electron chi connectivity index (χ3n) is 7.23. The van der Waals surface area contributed by atoms with Gasteiger partial charge in [0.25, 0.3) is 0 Å². The molecule has 2 aromatic carbocycles. The maximum atomic E-state index is 13.6. The molecule has 2 aromatic rings. The fourth-order valence-corrected chi connectivity index (χ4v) is 6.17. The predicted octanol–water partition coefficient (Wildman–Crippen LogP) is 3.52. The lowest BCUT2D eigenvalue weighted by atomic mass is 9.98. The van der Waals surface area contributed by atoms with Gasteiger partial charge in [0.15, 0.2) is 0 Å². The third-order valence-corrected chi connectivity index (χ3v) is 9.11. The summed E-state index contributed by atoms with van der Waals surface area (Å²) in [6, 6.07) is 14.0. The fraction of sp³-hybridized carbons (Fsp3) is 0.548. The van der Waals surface area contributed by atoms with Crippen molar-refractivity contribution in [2.75, 3.05) is 19.7 Å². The second-order valence-corrected chi connectivity index (χ2v) is 13.4. The Balaban J connectivity index is 1.92. The van der Waals surface area contributed by atoms with Crippen LogP contribution in [-0.4, -0.2) is 67.5 Å². The maximum absolute atomic E-state index is 13.6. The molecule has 0 fully saturated rings. The van der Waals surface area contributed by atoms with Crippen LogP contribution in [0.4, 0.5) is 0 Å². The van der Waals surface area contributed by atoms with E-state index in [0.717, 1.165) is 5.56 Å². The Hall–Kier alpha value is -2.95. The monoisotopic (exact) mass is 587 g/mol. The van der Waals surface area contributed by atoms with E-state index in [4.69, 9.17) is 4.74 Å². The summed E-state index contributed by atoms with van der Waals surface area (Å²) < 4.78 is 34.3. The highest BCUT2D eigenvalue weighted by Crippen LogP contribution is 2.20. The number of aliphatic hydroxyl groups is 1. The van der Waals surface area contributed by atoms with Crippen LogP contribution >= 0.6 is 0 Å². The molecule has 0 aromatic heterocycles. The summed E-state index contributed by atoms with van der Waals surface area (Å²) in [5.41, 5.74) is 0.846. The smallest absolute Gasteiger partial charge is 0.243 e. The van der Waals surface area contributed by atoms with Crippen molar-refractivity contribution >= 4 is 21.8 Å². The van der Waals surface area contributed by atoms with Gasteiger partial charge in [-0.15, -0.1) is 0 Å². The average molecular weight is 588 g/mol. The number of nitrogens with one attached hydrogen (secondary N) is 2. The highest BCUT2D eigenvalue weighted by molar-refractivity contribution is 7.89. The van der Waals surface area contributed by atoms with Gasteiger partial charge in [0, 0.05) is 19.5 Å². The minimum atomic E-state index is -3.89. The number of aliphatic hydroxyl groups excluding tert-OH is 1. The molecule has 2 bridgehead atoms. The molecule has 1 unspecified atom stereocenters. The minimum absolute atomic E-state index is 0.149. The molecule has 2 aliphatic rings. The van der Waals surface area contributed by atoms with E-state index in [-0.39, 0.29) is 48.6 Å². The summed E-state index contributed by atoms with van der Waals surface area (Å²) in [6.45, 7) is 8.23. The number of benzene rings is 2. The van der Waals surface area contributed by atoms with Crippen molar-refractivity contribution in [3.63, 3.8) is 0 Å². The quantitative estimate of drug-likeness (QED) is 0.412. The van der Waals surface area contributed by atoms with Crippen LogP contribution in [-0.2, 0) is 26.0 Å². The van der Waals surface area contributed by atoms with Gasteiger partial charge in [0.05, 0.1) is 23.6 Å². The van der Waals surface area contributed by atoms with E-state index in [0.29, 0.717) is 31.6 Å². The average Bonchev–Trinajstić information content (AvgIpc) is 2.93. The van der Waals surface area contributed by atoms with Crippen LogP contribution in [0.2, 0.25) is 0 Å². The van der Waals surface area contributed by atoms with E-state index >= 15 is 0 Å². The maximum Gasteiger partial charge on any atom is 0.243 e. The first-order valence-electron chi connectivity index (χ1n) is 14.5. The van der Waals surface area contributed by atoms with Crippen molar-refractivity contribution in [1.29, 1.82) is 0 Å². The molecule has 0 saturated heterocycles. The summed E-state index contributed by atoms with van der Waals surface area (Å²) in [5.74, 6) is 0.114. The van der Waals surface area contributed by atoms with Gasteiger partial charge in [0.1, 0.15) is 11.8 Å². The molecular formula is C31H45N3O6S. The topological polar surface area (TPSA) is 125 Å². The van der Waals surface area contributed by atoms with Crippen LogP contribution < -0.4 is 15.4 Å². The zero-order valence-corrected chi connectivity index (χ0v) is 25.4. The van der Waals surface area contributed by atoms with Crippen molar-refractivity contribution in [2.24, 2.45) is 11.8 Å². The van der Waals surface area contributed by atoms with Gasteiger partial charge in [0.2, 0.25) is 21.8 Å². The minimum Gasteiger partial charge on any atom is -0.494 e. The van der Waals surface area contributed by atoms with E-state index in [9.17, 15) is 23.1 Å². The number of ether oxygens (including phenoxy) is 1. The van der Waals surface area contributed by atoms with E-state index in [1.165, 1.54) is 16.4 Å². The van der Waals surface area contributed by atoms with Crippen LogP contribution in [0.15, 0.2) is 59.5 Å². The zero-order valence-electron chi connectivity index (χ0n) is 24.6. The first kappa shape index (κ1) is 32.6. The normalized spacial score (nSPS) is 20.1. The van der Waals surface area contributed by atoms with E-state index in [1.807, 2.05) is 52.0 Å². The van der Waals surface area contributed by atoms with Crippen molar-refractivity contribution in [3.05, 3.63) is 60.2 Å². The zero-order chi connectivity index (χ0) is 30.0. The van der Waals surface area contributed by atoms with E-state index in [2.05, 4.69) is 10.6 Å². The summed E-state index contributed by atoms with van der Waals surface area (Å²) in [7, 11) is -3.89. The fourth-order valence-electron chi connectivity index (χ4n) is 4.68. The van der Waals surface area contributed by atoms with Crippen LogP contribution in [0.3, 0.4) is 0 Å². The Morgan fingerprint density at radius 2 is 1.66 bits per heavy atom. The van der Waals surface area contributed by atoms with Crippen LogP contribution in [0, 0.1) is 11.8 Å². The lowest BCUT2D eigenvalue weighted by Crippen LogP contribution is -2.56. The number of nitrogens with zero attached hydrogens (tertiary/aromatic N) is 1. The summed E-state index contributed by atoms with van der Waals surface area (Å²) >= 11 is 0. The van der Waals surface area contributed by atoms with Crippen molar-refractivity contribution in [2.45, 2.75) is 82.9 Å². The van der Waals surface area contributed by atoms with Gasteiger partial charge in [-0.2, -0.15) is 4.31 Å². The van der Waals surface area contributed by atoms with Gasteiger partial charge >= 0.3 is 0 Å². The number of carbonyl (C=O) groups is 2. The highest BCUT2D eigenvalue weighted by atomic mass is 32.2. The molecule has 0 aliphatic carbocycles. The molecule has 2 aliphatic heterocycles. The molecule has 0 spiro atoms. The second kappa shape index (κ2) is 15.3. The van der Waals surface area contributed by atoms with E-state index < -0.39 is 34.1 Å². The first-order chi connectivity index (χ1) is 19.5. The predicted molar refractivity (Wildman–Crippen MR) is 159 cm³/mol. The highest BCUT2D eigenvalue weighted by Gasteiger charge is 2.33. The molecule has 0 saturated carbocycles. The third kappa shape index (κ3) is 9.83. The van der Waals surface area contributed by atoms with Crippen LogP contribution in [0.25, 0.3) is 0 Å². The van der Waals surface area contributed by atoms with Gasteiger partial charge in [-0.3, -0.25) is 9.59 Å². The summed E-state index contributed by atoms with van der Waals surface area (Å²) in [5, 5.41) is 17.3. The number of hydrogen-bond acceptors (Lipinski definition) is 6. The second-order valence-electron chi connectivity index (χ2n) is 11.5. The molecule has 3 atom stereocenters. The molecule has 0 radical (unpaired) electrons. The Morgan fingerprint density at radius 3 is 2.29 bits per heavy atom. The summed E-state index contributed by atoms with van der Waals surface area (Å²) in [4.78, 5) is 26.3. The van der Waals surface area contributed by atoms with E-state index in [1.54, 1.807) is 18.2 Å². The molecule has 2 amide bonds. The van der Waals surface area contributed by atoms with Crippen molar-refractivity contribution < 1.29 is 27.9 Å². The molecular weight excluding hydrogens is 542 g/mol. The Labute approximate surface area is 244 Å². The van der Waals surface area contributed by atoms with Crippen LogP contribution in [0.1, 0.15) is 58.9 Å². The van der Waals surface area contributed by atoms with Crippen molar-refractivity contribution in [1.82, 2.24) is 14.9 Å². The lowest BCUT2D eigenvalue weighted by Gasteiger charge is -2.32. The van der Waals surface area contributed by atoms with Gasteiger partial charge < -0.3 is 20.5 Å². The number of rotatable bonds is 9. The van der Waals surface area contributed by atoms with Gasteiger partial charge in [-0.1, -0.05) is 58.0 Å². The molecule has 9 nitrogen and oxygen atoms in total. The number of amides is 2. The Morgan fingerprint density at radius 1 is 0.976 bits per heavy atom. The standard InChI is InChI=1S/C31H45N3O6S/c1-22(2)17-18-34(41(38,39)26-10-6-5-7-11-26)21-28(35)27-20-24-13-15-25(16-14-24)40-19-9-8-12-29(36)33-30(23(3)4)31(37)32-27/h5-7,10-11,13-16,22-23,27-28,30,35H,8-9,12,17-21H2,1-4H3,(H,32,37)(H,33,36)/t27-,28?,30-/m0/s1. The number of carbonyl (C=O) groups excluding carboxylic acids is 2. The summed E-state index contributed by atoms with van der Waals surface area (Å²) in [6.07, 6.45) is 1.25. The van der Waals surface area contributed by atoms with Gasteiger partial charge in [-0.05, 0) is 67.3 Å². The molecule has 4 rings (SSSR count). The molecule has 10 heteroatoms. The van der Waals surface area contributed by atoms with Crippen LogP contribution in [0.5, 0.6) is 5.75 Å². The first-order valence-corrected chi connectivity index (χ1v) is 16.0. The molecule has 226 valence electrons. The largest absolute Gasteiger partial charge is 0.494 e. The number of fused-ring (bicyclic) bond motifs is 13. The number of sulfonamides is 1. The molecule has 3 N–H and O–H groups in total. The Kier molecular flexibility index (Phi) is 12.2.